The van der Waals surface area contributed by atoms with Crippen molar-refractivity contribution >= 4 is 56.4 Å². The van der Waals surface area contributed by atoms with E-state index in [-0.39, 0.29) is 10.7 Å². The second-order valence-electron chi connectivity index (χ2n) is 6.00. The van der Waals surface area contributed by atoms with Gasteiger partial charge in [0.15, 0.2) is 10.9 Å². The number of nitrogens with zero attached hydrogens (tertiary/aromatic N) is 2. The van der Waals surface area contributed by atoms with Gasteiger partial charge in [0, 0.05) is 10.6 Å². The molecule has 2 aromatic carbocycles. The molecule has 0 spiro atoms. The number of carboxylic acids is 1. The number of carbonyl (C=O) groups is 1. The van der Waals surface area contributed by atoms with Crippen LogP contribution in [0.2, 0.25) is 0 Å². The van der Waals surface area contributed by atoms with Gasteiger partial charge in [-0.3, -0.25) is 10.9 Å². The number of anilines is 2. The number of thiocarbonyl (C=S) groups is 1. The number of fused-ring (bicyclic) bond motifs is 1. The standard InChI is InChI=1S/C20H15N5O2S2/c26-19(27)13-7-4-8-14(9-13)23-20(28)25-24-18-17-15(21-11-22-18)10-16(29-17)12-5-2-1-3-6-12/h1-11H,(H,26,27)(H,21,22,24)(H2,23,25,28). The van der Waals surface area contributed by atoms with Gasteiger partial charge in [-0.1, -0.05) is 36.4 Å². The molecule has 7 nitrogen and oxygen atoms in total. The number of carboxylic acid groups (broad SMARTS) is 1. The molecule has 0 aliphatic rings. The number of hydrazine groups is 1. The van der Waals surface area contributed by atoms with Crippen LogP contribution in [0.1, 0.15) is 10.4 Å². The Morgan fingerprint density at radius 2 is 1.86 bits per heavy atom. The van der Waals surface area contributed by atoms with E-state index < -0.39 is 5.97 Å². The van der Waals surface area contributed by atoms with Crippen LogP contribution >= 0.6 is 23.6 Å². The van der Waals surface area contributed by atoms with Crippen molar-refractivity contribution in [1.29, 1.82) is 0 Å². The Morgan fingerprint density at radius 1 is 1.03 bits per heavy atom. The second kappa shape index (κ2) is 8.21. The van der Waals surface area contributed by atoms with Gasteiger partial charge < -0.3 is 10.4 Å². The van der Waals surface area contributed by atoms with Gasteiger partial charge in [0.25, 0.3) is 0 Å². The molecule has 0 saturated heterocycles. The molecule has 2 aromatic heterocycles. The fraction of sp³-hybridized carbons (Fsp3) is 0. The quantitative estimate of drug-likeness (QED) is 0.279. The first-order valence-electron chi connectivity index (χ1n) is 8.56. The fourth-order valence-electron chi connectivity index (χ4n) is 2.70. The van der Waals surface area contributed by atoms with Crippen molar-refractivity contribution in [1.82, 2.24) is 15.4 Å². The van der Waals surface area contributed by atoms with E-state index in [1.54, 1.807) is 23.5 Å². The zero-order chi connectivity index (χ0) is 20.2. The number of aromatic carboxylic acids is 1. The van der Waals surface area contributed by atoms with Crippen molar-refractivity contribution in [2.75, 3.05) is 10.7 Å². The van der Waals surface area contributed by atoms with Gasteiger partial charge in [-0.25, -0.2) is 14.8 Å². The summed E-state index contributed by atoms with van der Waals surface area (Å²) in [5.41, 5.74) is 8.57. The first-order chi connectivity index (χ1) is 14.1. The molecule has 4 rings (SSSR count). The van der Waals surface area contributed by atoms with E-state index >= 15 is 0 Å². The molecule has 29 heavy (non-hydrogen) atoms. The monoisotopic (exact) mass is 421 g/mol. The molecule has 0 saturated carbocycles. The molecule has 0 atom stereocenters. The van der Waals surface area contributed by atoms with Crippen LogP contribution in [0.3, 0.4) is 0 Å². The molecular formula is C20H15N5O2S2. The SMILES string of the molecule is O=C(O)c1cccc(NC(=S)NNc2ncnc3cc(-c4ccccc4)sc23)c1. The van der Waals surface area contributed by atoms with Crippen molar-refractivity contribution in [3.05, 3.63) is 72.6 Å². The Morgan fingerprint density at radius 3 is 2.66 bits per heavy atom. The maximum absolute atomic E-state index is 11.1. The Labute approximate surface area is 175 Å². The van der Waals surface area contributed by atoms with E-state index in [0.29, 0.717) is 11.5 Å². The van der Waals surface area contributed by atoms with Gasteiger partial charge in [-0.05, 0) is 42.0 Å². The Bertz CT molecular complexity index is 1190. The van der Waals surface area contributed by atoms with E-state index in [4.69, 9.17) is 17.3 Å². The van der Waals surface area contributed by atoms with Gasteiger partial charge in [0.1, 0.15) is 6.33 Å². The van der Waals surface area contributed by atoms with Crippen LogP contribution in [0.5, 0.6) is 0 Å². The van der Waals surface area contributed by atoms with E-state index in [2.05, 4.69) is 26.1 Å². The average molecular weight is 422 g/mol. The lowest BCUT2D eigenvalue weighted by Crippen LogP contribution is -2.33. The molecule has 144 valence electrons. The molecule has 0 amide bonds. The van der Waals surface area contributed by atoms with Crippen LogP contribution in [0.4, 0.5) is 11.5 Å². The summed E-state index contributed by atoms with van der Waals surface area (Å²) in [7, 11) is 0. The van der Waals surface area contributed by atoms with Crippen molar-refractivity contribution in [3.8, 4) is 10.4 Å². The number of aromatic nitrogens is 2. The third-order valence-corrected chi connectivity index (χ3v) is 5.42. The van der Waals surface area contributed by atoms with Crippen molar-refractivity contribution in [2.45, 2.75) is 0 Å². The molecular weight excluding hydrogens is 406 g/mol. The Kier molecular flexibility index (Phi) is 5.32. The first kappa shape index (κ1) is 18.8. The maximum atomic E-state index is 11.1. The van der Waals surface area contributed by atoms with E-state index in [1.807, 2.05) is 36.4 Å². The first-order valence-corrected chi connectivity index (χ1v) is 9.79. The summed E-state index contributed by atoms with van der Waals surface area (Å²) in [6.45, 7) is 0. The maximum Gasteiger partial charge on any atom is 0.335 e. The number of thiophene rings is 1. The second-order valence-corrected chi connectivity index (χ2v) is 7.46. The predicted octanol–water partition coefficient (Wildman–Crippen LogP) is 4.37. The van der Waals surface area contributed by atoms with Crippen LogP contribution in [0.25, 0.3) is 20.7 Å². The predicted molar refractivity (Wildman–Crippen MR) is 119 cm³/mol. The molecule has 4 N–H and O–H groups in total. The minimum atomic E-state index is -0.999. The number of nitrogens with one attached hydrogen (secondary N) is 3. The molecule has 4 aromatic rings. The van der Waals surface area contributed by atoms with E-state index in [0.717, 1.165) is 20.7 Å². The van der Waals surface area contributed by atoms with Gasteiger partial charge in [0.05, 0.1) is 15.8 Å². The topological polar surface area (TPSA) is 99.2 Å². The van der Waals surface area contributed by atoms with Crippen molar-refractivity contribution < 1.29 is 9.90 Å². The smallest absolute Gasteiger partial charge is 0.335 e. The summed E-state index contributed by atoms with van der Waals surface area (Å²) in [5, 5.41) is 12.3. The summed E-state index contributed by atoms with van der Waals surface area (Å²) in [6.07, 6.45) is 1.49. The number of rotatable bonds is 5. The van der Waals surface area contributed by atoms with Gasteiger partial charge in [0.2, 0.25) is 0 Å². The zero-order valence-electron chi connectivity index (χ0n) is 14.9. The number of hydrogen-bond acceptors (Lipinski definition) is 6. The normalized spacial score (nSPS) is 10.5. The lowest BCUT2D eigenvalue weighted by atomic mass is 10.2. The molecule has 0 aliphatic heterocycles. The van der Waals surface area contributed by atoms with Gasteiger partial charge in [-0.15, -0.1) is 11.3 Å². The minimum Gasteiger partial charge on any atom is -0.478 e. The number of hydrogen-bond donors (Lipinski definition) is 4. The van der Waals surface area contributed by atoms with Crippen LogP contribution in [0, 0.1) is 0 Å². The minimum absolute atomic E-state index is 0.176. The van der Waals surface area contributed by atoms with Crippen molar-refractivity contribution in [2.24, 2.45) is 0 Å². The highest BCUT2D eigenvalue weighted by molar-refractivity contribution is 7.80. The van der Waals surface area contributed by atoms with E-state index in [1.165, 1.54) is 18.5 Å². The summed E-state index contributed by atoms with van der Waals surface area (Å²) >= 11 is 6.86. The third kappa shape index (κ3) is 4.31. The van der Waals surface area contributed by atoms with E-state index in [9.17, 15) is 4.79 Å². The largest absolute Gasteiger partial charge is 0.478 e. The van der Waals surface area contributed by atoms with Gasteiger partial charge >= 0.3 is 5.97 Å². The summed E-state index contributed by atoms with van der Waals surface area (Å²) in [4.78, 5) is 20.8. The third-order valence-electron chi connectivity index (χ3n) is 4.03. The molecule has 0 bridgehead atoms. The molecule has 0 unspecified atom stereocenters. The Hall–Kier alpha value is -3.56. The number of benzene rings is 2. The highest BCUT2D eigenvalue weighted by Crippen LogP contribution is 2.35. The fourth-order valence-corrected chi connectivity index (χ4v) is 3.93. The van der Waals surface area contributed by atoms with Crippen LogP contribution in [-0.2, 0) is 0 Å². The lowest BCUT2D eigenvalue weighted by molar-refractivity contribution is 0.0697. The highest BCUT2D eigenvalue weighted by Gasteiger charge is 2.11. The summed E-state index contributed by atoms with van der Waals surface area (Å²) < 4.78 is 0.898. The average Bonchev–Trinajstić information content (AvgIpc) is 3.18. The van der Waals surface area contributed by atoms with Crippen LogP contribution in [0.15, 0.2) is 67.0 Å². The van der Waals surface area contributed by atoms with Crippen LogP contribution in [-0.4, -0.2) is 26.2 Å². The van der Waals surface area contributed by atoms with Crippen molar-refractivity contribution in [3.63, 3.8) is 0 Å². The molecule has 0 fully saturated rings. The highest BCUT2D eigenvalue weighted by atomic mass is 32.1. The molecule has 2 heterocycles. The molecule has 9 heteroatoms. The Balaban J connectivity index is 1.48. The lowest BCUT2D eigenvalue weighted by Gasteiger charge is -2.12. The van der Waals surface area contributed by atoms with Gasteiger partial charge in [-0.2, -0.15) is 0 Å². The molecule has 0 radical (unpaired) electrons. The zero-order valence-corrected chi connectivity index (χ0v) is 16.6. The summed E-state index contributed by atoms with van der Waals surface area (Å²) in [5.74, 6) is -0.397. The summed E-state index contributed by atoms with van der Waals surface area (Å²) in [6, 6.07) is 18.5. The molecule has 0 aliphatic carbocycles. The van der Waals surface area contributed by atoms with Crippen LogP contribution < -0.4 is 16.2 Å².